The van der Waals surface area contributed by atoms with Crippen molar-refractivity contribution in [3.63, 3.8) is 0 Å². The van der Waals surface area contributed by atoms with E-state index < -0.39 is 0 Å². The zero-order valence-corrected chi connectivity index (χ0v) is 15.5. The molecule has 2 heterocycles. The molecule has 0 atom stereocenters. The van der Waals surface area contributed by atoms with Crippen LogP contribution in [0.15, 0.2) is 24.3 Å². The van der Waals surface area contributed by atoms with Gasteiger partial charge < -0.3 is 10.1 Å². The Kier molecular flexibility index (Phi) is 7.41. The molecule has 1 aromatic carbocycles. The summed E-state index contributed by atoms with van der Waals surface area (Å²) in [6.45, 7) is 7.70. The fourth-order valence-corrected chi connectivity index (χ4v) is 3.70. The van der Waals surface area contributed by atoms with Crippen LogP contribution in [0.25, 0.3) is 0 Å². The van der Waals surface area contributed by atoms with E-state index in [1.54, 1.807) is 6.07 Å². The summed E-state index contributed by atoms with van der Waals surface area (Å²) >= 11 is 0. The van der Waals surface area contributed by atoms with Crippen molar-refractivity contribution < 1.29 is 13.9 Å². The lowest BCUT2D eigenvalue weighted by Crippen LogP contribution is -2.41. The Hall–Kier alpha value is -1.50. The van der Waals surface area contributed by atoms with Crippen molar-refractivity contribution in [3.05, 3.63) is 35.6 Å². The van der Waals surface area contributed by atoms with Gasteiger partial charge in [0.05, 0.1) is 13.2 Å². The first-order valence-electron chi connectivity index (χ1n) is 9.76. The van der Waals surface area contributed by atoms with Gasteiger partial charge in [-0.05, 0) is 45.0 Å². The smallest absolute Gasteiger partial charge is 0.223 e. The molecule has 0 unspecified atom stereocenters. The van der Waals surface area contributed by atoms with Crippen LogP contribution in [-0.4, -0.2) is 68.2 Å². The molecule has 2 saturated heterocycles. The number of rotatable bonds is 7. The second kappa shape index (κ2) is 10.00. The van der Waals surface area contributed by atoms with Crippen molar-refractivity contribution in [2.75, 3.05) is 52.5 Å². The average molecular weight is 363 g/mol. The summed E-state index contributed by atoms with van der Waals surface area (Å²) in [5.74, 6) is 0.125. The van der Waals surface area contributed by atoms with Crippen molar-refractivity contribution in [1.29, 1.82) is 0 Å². The topological polar surface area (TPSA) is 44.8 Å². The lowest BCUT2D eigenvalue weighted by Gasteiger charge is -2.31. The number of hydrogen-bond donors (Lipinski definition) is 1. The zero-order valence-electron chi connectivity index (χ0n) is 15.5. The number of amides is 1. The molecular formula is C20H30FN3O2. The number of carbonyl (C=O) groups is 1. The average Bonchev–Trinajstić information content (AvgIpc) is 2.68. The largest absolute Gasteiger partial charge is 0.379 e. The molecule has 1 N–H and O–H groups in total. The van der Waals surface area contributed by atoms with Crippen molar-refractivity contribution in [1.82, 2.24) is 15.1 Å². The Balaban J connectivity index is 1.31. The predicted octanol–water partition coefficient (Wildman–Crippen LogP) is 1.88. The highest BCUT2D eigenvalue weighted by Gasteiger charge is 2.25. The molecule has 26 heavy (non-hydrogen) atoms. The van der Waals surface area contributed by atoms with Gasteiger partial charge in [-0.15, -0.1) is 0 Å². The number of likely N-dealkylation sites (tertiary alicyclic amines) is 1. The molecular weight excluding hydrogens is 333 g/mol. The summed E-state index contributed by atoms with van der Waals surface area (Å²) in [4.78, 5) is 17.0. The Morgan fingerprint density at radius 2 is 1.85 bits per heavy atom. The van der Waals surface area contributed by atoms with E-state index in [2.05, 4.69) is 15.1 Å². The first-order chi connectivity index (χ1) is 12.7. The van der Waals surface area contributed by atoms with Gasteiger partial charge in [0.25, 0.3) is 0 Å². The summed E-state index contributed by atoms with van der Waals surface area (Å²) in [6, 6.07) is 6.93. The molecule has 2 aliphatic rings. The first kappa shape index (κ1) is 19.3. The van der Waals surface area contributed by atoms with E-state index >= 15 is 0 Å². The maximum absolute atomic E-state index is 13.8. The monoisotopic (exact) mass is 363 g/mol. The number of nitrogens with one attached hydrogen (secondary N) is 1. The molecule has 0 bridgehead atoms. The lowest BCUT2D eigenvalue weighted by molar-refractivity contribution is -0.126. The fourth-order valence-electron chi connectivity index (χ4n) is 3.70. The van der Waals surface area contributed by atoms with Crippen LogP contribution in [0.2, 0.25) is 0 Å². The van der Waals surface area contributed by atoms with Crippen molar-refractivity contribution >= 4 is 5.91 Å². The number of morpholine rings is 1. The van der Waals surface area contributed by atoms with Gasteiger partial charge in [-0.25, -0.2) is 4.39 Å². The van der Waals surface area contributed by atoms with Crippen LogP contribution in [0.4, 0.5) is 4.39 Å². The Morgan fingerprint density at radius 1 is 1.12 bits per heavy atom. The molecule has 2 aliphatic heterocycles. The van der Waals surface area contributed by atoms with E-state index in [0.29, 0.717) is 6.54 Å². The van der Waals surface area contributed by atoms with Gasteiger partial charge in [0, 0.05) is 37.7 Å². The van der Waals surface area contributed by atoms with E-state index in [1.165, 1.54) is 6.07 Å². The zero-order chi connectivity index (χ0) is 18.2. The Labute approximate surface area is 155 Å². The molecule has 144 valence electrons. The third-order valence-electron chi connectivity index (χ3n) is 5.36. The van der Waals surface area contributed by atoms with Crippen LogP contribution < -0.4 is 5.32 Å². The molecule has 0 aliphatic carbocycles. The van der Waals surface area contributed by atoms with Crippen LogP contribution in [0.1, 0.15) is 24.8 Å². The first-order valence-corrected chi connectivity index (χ1v) is 9.76. The maximum Gasteiger partial charge on any atom is 0.223 e. The third kappa shape index (κ3) is 5.76. The van der Waals surface area contributed by atoms with E-state index in [1.807, 2.05) is 12.1 Å². The molecule has 0 radical (unpaired) electrons. The summed E-state index contributed by atoms with van der Waals surface area (Å²) in [5.41, 5.74) is 0.735. The second-order valence-corrected chi connectivity index (χ2v) is 7.24. The maximum atomic E-state index is 13.8. The summed E-state index contributed by atoms with van der Waals surface area (Å²) in [7, 11) is 0. The molecule has 5 nitrogen and oxygen atoms in total. The number of nitrogens with zero attached hydrogens (tertiary/aromatic N) is 2. The fraction of sp³-hybridized carbons (Fsp3) is 0.650. The lowest BCUT2D eigenvalue weighted by atomic mass is 9.95. The van der Waals surface area contributed by atoms with Gasteiger partial charge in [-0.3, -0.25) is 14.6 Å². The molecule has 0 aromatic heterocycles. The quantitative estimate of drug-likeness (QED) is 0.752. The highest BCUT2D eigenvalue weighted by Crippen LogP contribution is 2.20. The third-order valence-corrected chi connectivity index (χ3v) is 5.36. The minimum absolute atomic E-state index is 0.0928. The normalized spacial score (nSPS) is 20.2. The van der Waals surface area contributed by atoms with Gasteiger partial charge in [-0.1, -0.05) is 18.2 Å². The number of benzene rings is 1. The Bertz CT molecular complexity index is 570. The summed E-state index contributed by atoms with van der Waals surface area (Å²) in [5, 5.41) is 3.09. The van der Waals surface area contributed by atoms with Gasteiger partial charge in [-0.2, -0.15) is 0 Å². The standard InChI is InChI=1S/C20H30FN3O2/c21-19-5-2-1-4-18(19)16-24-10-6-17(7-11-24)20(25)22-8-3-9-23-12-14-26-15-13-23/h1-2,4-5,17H,3,6-16H2,(H,22,25). The SMILES string of the molecule is O=C(NCCCN1CCOCC1)C1CCN(Cc2ccccc2F)CC1. The summed E-state index contributed by atoms with van der Waals surface area (Å²) < 4.78 is 19.1. The molecule has 1 amide bonds. The second-order valence-electron chi connectivity index (χ2n) is 7.24. The van der Waals surface area contributed by atoms with Gasteiger partial charge in [0.15, 0.2) is 0 Å². The van der Waals surface area contributed by atoms with Crippen LogP contribution in [0.3, 0.4) is 0 Å². The molecule has 3 rings (SSSR count). The van der Waals surface area contributed by atoms with Crippen LogP contribution in [0.5, 0.6) is 0 Å². The van der Waals surface area contributed by atoms with Crippen LogP contribution in [-0.2, 0) is 16.1 Å². The van der Waals surface area contributed by atoms with Crippen molar-refractivity contribution in [3.8, 4) is 0 Å². The molecule has 1 aromatic rings. The Morgan fingerprint density at radius 3 is 2.58 bits per heavy atom. The highest BCUT2D eigenvalue weighted by atomic mass is 19.1. The number of piperidine rings is 1. The van der Waals surface area contributed by atoms with E-state index in [9.17, 15) is 9.18 Å². The van der Waals surface area contributed by atoms with Crippen LogP contribution in [0, 0.1) is 11.7 Å². The number of carbonyl (C=O) groups excluding carboxylic acids is 1. The number of halogens is 1. The minimum Gasteiger partial charge on any atom is -0.379 e. The molecule has 0 saturated carbocycles. The van der Waals surface area contributed by atoms with Gasteiger partial charge >= 0.3 is 0 Å². The van der Waals surface area contributed by atoms with Crippen molar-refractivity contribution in [2.24, 2.45) is 5.92 Å². The summed E-state index contributed by atoms with van der Waals surface area (Å²) in [6.07, 6.45) is 2.69. The highest BCUT2D eigenvalue weighted by molar-refractivity contribution is 5.78. The minimum atomic E-state index is -0.146. The van der Waals surface area contributed by atoms with Crippen LogP contribution >= 0.6 is 0 Å². The predicted molar refractivity (Wildman–Crippen MR) is 99.3 cm³/mol. The van der Waals surface area contributed by atoms with Gasteiger partial charge in [0.1, 0.15) is 5.82 Å². The van der Waals surface area contributed by atoms with Gasteiger partial charge in [0.2, 0.25) is 5.91 Å². The van der Waals surface area contributed by atoms with Crippen molar-refractivity contribution in [2.45, 2.75) is 25.8 Å². The van der Waals surface area contributed by atoms with E-state index in [-0.39, 0.29) is 17.6 Å². The molecule has 6 heteroatoms. The number of ether oxygens (including phenoxy) is 1. The van der Waals surface area contributed by atoms with E-state index in [4.69, 9.17) is 4.74 Å². The molecule has 0 spiro atoms. The van der Waals surface area contributed by atoms with E-state index in [0.717, 1.165) is 77.3 Å². The number of hydrogen-bond acceptors (Lipinski definition) is 4. The molecule has 2 fully saturated rings.